The molecule has 122 valence electrons. The van der Waals surface area contributed by atoms with Gasteiger partial charge in [0.15, 0.2) is 0 Å². The lowest BCUT2D eigenvalue weighted by Crippen LogP contribution is -2.27. The molecule has 0 bridgehead atoms. The molecule has 23 heavy (non-hydrogen) atoms. The Bertz CT molecular complexity index is 600. The highest BCUT2D eigenvalue weighted by Crippen LogP contribution is 2.16. The van der Waals surface area contributed by atoms with Crippen LogP contribution in [-0.2, 0) is 13.0 Å². The third kappa shape index (κ3) is 5.08. The standard InChI is InChI=1S/C20H26N2O/c23-20-8-4-7-18(13-20)14-21-15-19-10-12-22(16-19)11-9-17-5-2-1-3-6-17/h1-8,13,19,21,23H,9-12,14-16H2. The van der Waals surface area contributed by atoms with E-state index in [0.29, 0.717) is 5.75 Å². The minimum absolute atomic E-state index is 0.345. The minimum Gasteiger partial charge on any atom is -0.508 e. The molecule has 1 atom stereocenters. The fourth-order valence-electron chi connectivity index (χ4n) is 3.30. The van der Waals surface area contributed by atoms with Crippen molar-refractivity contribution < 1.29 is 5.11 Å². The molecule has 0 aliphatic carbocycles. The van der Waals surface area contributed by atoms with Gasteiger partial charge in [-0.1, -0.05) is 42.5 Å². The highest BCUT2D eigenvalue weighted by atomic mass is 16.3. The van der Waals surface area contributed by atoms with Gasteiger partial charge < -0.3 is 15.3 Å². The Balaban J connectivity index is 1.35. The van der Waals surface area contributed by atoms with E-state index in [9.17, 15) is 5.11 Å². The van der Waals surface area contributed by atoms with Crippen molar-refractivity contribution in [2.24, 2.45) is 5.92 Å². The second kappa shape index (κ2) is 8.14. The average Bonchev–Trinajstić information content (AvgIpc) is 3.02. The summed E-state index contributed by atoms with van der Waals surface area (Å²) in [6.45, 7) is 5.45. The largest absolute Gasteiger partial charge is 0.508 e. The van der Waals surface area contributed by atoms with Crippen molar-refractivity contribution in [3.05, 3.63) is 65.7 Å². The highest BCUT2D eigenvalue weighted by Gasteiger charge is 2.21. The monoisotopic (exact) mass is 310 g/mol. The van der Waals surface area contributed by atoms with E-state index in [4.69, 9.17) is 0 Å². The third-order valence-electron chi connectivity index (χ3n) is 4.60. The second-order valence-electron chi connectivity index (χ2n) is 6.49. The van der Waals surface area contributed by atoms with Crippen LogP contribution in [-0.4, -0.2) is 36.2 Å². The number of phenols is 1. The number of phenolic OH excluding ortho intramolecular Hbond substituents is 1. The van der Waals surface area contributed by atoms with Crippen LogP contribution in [0.1, 0.15) is 17.5 Å². The lowest BCUT2D eigenvalue weighted by Gasteiger charge is -2.16. The first-order valence-electron chi connectivity index (χ1n) is 8.54. The van der Waals surface area contributed by atoms with E-state index in [1.54, 1.807) is 6.07 Å². The van der Waals surface area contributed by atoms with Crippen molar-refractivity contribution in [2.75, 3.05) is 26.2 Å². The van der Waals surface area contributed by atoms with Crippen LogP contribution in [0.3, 0.4) is 0 Å². The predicted molar refractivity (Wildman–Crippen MR) is 94.5 cm³/mol. The van der Waals surface area contributed by atoms with Crippen LogP contribution in [0.2, 0.25) is 0 Å². The second-order valence-corrected chi connectivity index (χ2v) is 6.49. The zero-order chi connectivity index (χ0) is 15.9. The maximum atomic E-state index is 9.48. The first-order valence-corrected chi connectivity index (χ1v) is 8.54. The summed E-state index contributed by atoms with van der Waals surface area (Å²) in [5, 5.41) is 13.0. The smallest absolute Gasteiger partial charge is 0.115 e. The van der Waals surface area contributed by atoms with Crippen molar-refractivity contribution in [3.8, 4) is 5.75 Å². The van der Waals surface area contributed by atoms with Crippen molar-refractivity contribution in [1.82, 2.24) is 10.2 Å². The molecule has 1 heterocycles. The Kier molecular flexibility index (Phi) is 5.67. The number of hydrogen-bond donors (Lipinski definition) is 2. The van der Waals surface area contributed by atoms with E-state index in [2.05, 4.69) is 40.5 Å². The summed E-state index contributed by atoms with van der Waals surface area (Å²) in [7, 11) is 0. The van der Waals surface area contributed by atoms with Gasteiger partial charge in [0, 0.05) is 19.6 Å². The zero-order valence-corrected chi connectivity index (χ0v) is 13.6. The van der Waals surface area contributed by atoms with Crippen LogP contribution in [0.15, 0.2) is 54.6 Å². The maximum Gasteiger partial charge on any atom is 0.115 e. The molecular formula is C20H26N2O. The van der Waals surface area contributed by atoms with Crippen molar-refractivity contribution >= 4 is 0 Å². The quantitative estimate of drug-likeness (QED) is 0.825. The van der Waals surface area contributed by atoms with E-state index in [-0.39, 0.29) is 0 Å². The van der Waals surface area contributed by atoms with Crippen LogP contribution in [0.4, 0.5) is 0 Å². The van der Waals surface area contributed by atoms with Crippen LogP contribution in [0.5, 0.6) is 5.75 Å². The predicted octanol–water partition coefficient (Wildman–Crippen LogP) is 3.05. The van der Waals surface area contributed by atoms with Gasteiger partial charge in [-0.25, -0.2) is 0 Å². The molecule has 1 aliphatic heterocycles. The molecule has 0 radical (unpaired) electrons. The summed E-state index contributed by atoms with van der Waals surface area (Å²) in [6, 6.07) is 18.2. The van der Waals surface area contributed by atoms with E-state index in [0.717, 1.165) is 37.5 Å². The van der Waals surface area contributed by atoms with Crippen LogP contribution in [0.25, 0.3) is 0 Å². The molecule has 0 amide bonds. The molecule has 3 rings (SSSR count). The zero-order valence-electron chi connectivity index (χ0n) is 13.6. The molecule has 1 aliphatic rings. The minimum atomic E-state index is 0.345. The van der Waals surface area contributed by atoms with E-state index in [1.807, 2.05) is 18.2 Å². The lowest BCUT2D eigenvalue weighted by atomic mass is 10.1. The Morgan fingerprint density at radius 3 is 2.70 bits per heavy atom. The first kappa shape index (κ1) is 16.0. The van der Waals surface area contributed by atoms with Gasteiger partial charge in [-0.05, 0) is 55.1 Å². The molecular weight excluding hydrogens is 284 g/mol. The van der Waals surface area contributed by atoms with Gasteiger partial charge in [-0.3, -0.25) is 0 Å². The fraction of sp³-hybridized carbons (Fsp3) is 0.400. The summed E-state index contributed by atoms with van der Waals surface area (Å²) < 4.78 is 0. The van der Waals surface area contributed by atoms with Crippen molar-refractivity contribution in [1.29, 1.82) is 0 Å². The highest BCUT2D eigenvalue weighted by molar-refractivity contribution is 5.26. The summed E-state index contributed by atoms with van der Waals surface area (Å²) >= 11 is 0. The molecule has 2 aromatic carbocycles. The van der Waals surface area contributed by atoms with E-state index in [1.165, 1.54) is 25.1 Å². The van der Waals surface area contributed by atoms with Gasteiger partial charge in [-0.15, -0.1) is 0 Å². The lowest BCUT2D eigenvalue weighted by molar-refractivity contribution is 0.325. The number of aromatic hydroxyl groups is 1. The van der Waals surface area contributed by atoms with E-state index < -0.39 is 0 Å². The summed E-state index contributed by atoms with van der Waals surface area (Å²) in [6.07, 6.45) is 2.42. The Morgan fingerprint density at radius 2 is 1.87 bits per heavy atom. The molecule has 2 aromatic rings. The van der Waals surface area contributed by atoms with Gasteiger partial charge in [0.05, 0.1) is 0 Å². The Hall–Kier alpha value is -1.84. The molecule has 3 heteroatoms. The normalized spacial score (nSPS) is 18.3. The van der Waals surface area contributed by atoms with Crippen LogP contribution < -0.4 is 5.32 Å². The number of likely N-dealkylation sites (tertiary alicyclic amines) is 1. The van der Waals surface area contributed by atoms with E-state index >= 15 is 0 Å². The number of nitrogens with zero attached hydrogens (tertiary/aromatic N) is 1. The molecule has 2 N–H and O–H groups in total. The van der Waals surface area contributed by atoms with Crippen molar-refractivity contribution in [2.45, 2.75) is 19.4 Å². The molecule has 1 saturated heterocycles. The first-order chi connectivity index (χ1) is 11.3. The van der Waals surface area contributed by atoms with Gasteiger partial charge in [0.2, 0.25) is 0 Å². The number of nitrogens with one attached hydrogen (secondary N) is 1. The topological polar surface area (TPSA) is 35.5 Å². The van der Waals surface area contributed by atoms with Gasteiger partial charge >= 0.3 is 0 Å². The fourth-order valence-corrected chi connectivity index (χ4v) is 3.30. The van der Waals surface area contributed by atoms with Crippen LogP contribution >= 0.6 is 0 Å². The molecule has 1 unspecified atom stereocenters. The van der Waals surface area contributed by atoms with Crippen molar-refractivity contribution in [3.63, 3.8) is 0 Å². The molecule has 1 fully saturated rings. The molecule has 3 nitrogen and oxygen atoms in total. The summed E-state index contributed by atoms with van der Waals surface area (Å²) in [4.78, 5) is 2.58. The Labute approximate surface area is 139 Å². The van der Waals surface area contributed by atoms with Gasteiger partial charge in [0.25, 0.3) is 0 Å². The summed E-state index contributed by atoms with van der Waals surface area (Å²) in [5.41, 5.74) is 2.57. The summed E-state index contributed by atoms with van der Waals surface area (Å²) in [5.74, 6) is 1.08. The molecule has 0 spiro atoms. The number of hydrogen-bond acceptors (Lipinski definition) is 3. The number of rotatable bonds is 7. The van der Waals surface area contributed by atoms with Gasteiger partial charge in [-0.2, -0.15) is 0 Å². The number of benzene rings is 2. The molecule has 0 saturated carbocycles. The van der Waals surface area contributed by atoms with Gasteiger partial charge in [0.1, 0.15) is 5.75 Å². The SMILES string of the molecule is Oc1cccc(CNCC2CCN(CCc3ccccc3)C2)c1. The maximum absolute atomic E-state index is 9.48. The van der Waals surface area contributed by atoms with Crippen LogP contribution in [0, 0.1) is 5.92 Å². The third-order valence-corrected chi connectivity index (χ3v) is 4.60. The Morgan fingerprint density at radius 1 is 1.04 bits per heavy atom. The molecule has 0 aromatic heterocycles. The average molecular weight is 310 g/mol.